The van der Waals surface area contributed by atoms with Gasteiger partial charge in [0.05, 0.1) is 5.75 Å². The molecule has 1 N–H and O–H groups in total. The quantitative estimate of drug-likeness (QED) is 0.757. The predicted molar refractivity (Wildman–Crippen MR) is 76.6 cm³/mol. The van der Waals surface area contributed by atoms with Crippen LogP contribution in [0.1, 0.15) is 33.1 Å². The average molecular weight is 276 g/mol. The standard InChI is InChI=1S/C13H28N2O2S/c1-4-18(16,17)11-12(2)14-8-5-13-6-9-15(3)10-7-13/h12-14H,4-11H2,1-3H3. The van der Waals surface area contributed by atoms with Gasteiger partial charge in [0.25, 0.3) is 0 Å². The van der Waals surface area contributed by atoms with Crippen molar-refractivity contribution >= 4 is 9.84 Å². The Kier molecular flexibility index (Phi) is 6.60. The minimum Gasteiger partial charge on any atom is -0.313 e. The first kappa shape index (κ1) is 15.9. The summed E-state index contributed by atoms with van der Waals surface area (Å²) in [7, 11) is -0.678. The fourth-order valence-corrected chi connectivity index (χ4v) is 3.56. The molecule has 0 radical (unpaired) electrons. The number of hydrogen-bond donors (Lipinski definition) is 1. The van der Waals surface area contributed by atoms with Crippen molar-refractivity contribution in [1.29, 1.82) is 0 Å². The zero-order valence-electron chi connectivity index (χ0n) is 12.0. The highest BCUT2D eigenvalue weighted by Crippen LogP contribution is 2.18. The van der Waals surface area contributed by atoms with Crippen LogP contribution in [0, 0.1) is 5.92 Å². The topological polar surface area (TPSA) is 49.4 Å². The number of piperidine rings is 1. The molecule has 0 aromatic rings. The second-order valence-electron chi connectivity index (χ2n) is 5.59. The zero-order valence-corrected chi connectivity index (χ0v) is 12.8. The molecule has 1 aliphatic heterocycles. The van der Waals surface area contributed by atoms with Gasteiger partial charge in [-0.15, -0.1) is 0 Å². The fourth-order valence-electron chi connectivity index (χ4n) is 2.44. The number of rotatable bonds is 7. The summed E-state index contributed by atoms with van der Waals surface area (Å²) in [6.07, 6.45) is 3.73. The Morgan fingerprint density at radius 3 is 2.50 bits per heavy atom. The molecule has 0 bridgehead atoms. The van der Waals surface area contributed by atoms with E-state index in [1.807, 2.05) is 6.92 Å². The van der Waals surface area contributed by atoms with E-state index in [9.17, 15) is 8.42 Å². The number of hydrogen-bond acceptors (Lipinski definition) is 4. The highest BCUT2D eigenvalue weighted by atomic mass is 32.2. The molecule has 1 aliphatic rings. The minimum atomic E-state index is -2.85. The van der Waals surface area contributed by atoms with Gasteiger partial charge in [-0.05, 0) is 58.8 Å². The number of likely N-dealkylation sites (tertiary alicyclic amines) is 1. The van der Waals surface area contributed by atoms with Gasteiger partial charge in [0.1, 0.15) is 0 Å². The van der Waals surface area contributed by atoms with Gasteiger partial charge in [0.15, 0.2) is 9.84 Å². The Balaban J connectivity index is 2.14. The van der Waals surface area contributed by atoms with Gasteiger partial charge in [-0.1, -0.05) is 6.92 Å². The van der Waals surface area contributed by atoms with Crippen LogP contribution in [0.5, 0.6) is 0 Å². The van der Waals surface area contributed by atoms with Crippen LogP contribution in [0.4, 0.5) is 0 Å². The highest BCUT2D eigenvalue weighted by molar-refractivity contribution is 7.91. The minimum absolute atomic E-state index is 0.0706. The van der Waals surface area contributed by atoms with Crippen molar-refractivity contribution in [1.82, 2.24) is 10.2 Å². The summed E-state index contributed by atoms with van der Waals surface area (Å²) >= 11 is 0. The lowest BCUT2D eigenvalue weighted by Crippen LogP contribution is -2.36. The maximum absolute atomic E-state index is 11.5. The second-order valence-corrected chi connectivity index (χ2v) is 7.99. The van der Waals surface area contributed by atoms with E-state index in [1.165, 1.54) is 32.4 Å². The molecule has 1 unspecified atom stereocenters. The van der Waals surface area contributed by atoms with Gasteiger partial charge < -0.3 is 10.2 Å². The monoisotopic (exact) mass is 276 g/mol. The third-order valence-electron chi connectivity index (χ3n) is 3.83. The van der Waals surface area contributed by atoms with Crippen LogP contribution in [0.3, 0.4) is 0 Å². The van der Waals surface area contributed by atoms with E-state index in [0.717, 1.165) is 12.5 Å². The van der Waals surface area contributed by atoms with E-state index in [1.54, 1.807) is 6.92 Å². The third-order valence-corrected chi connectivity index (χ3v) is 5.71. The molecule has 1 saturated heterocycles. The lowest BCUT2D eigenvalue weighted by Gasteiger charge is -2.29. The average Bonchev–Trinajstić information content (AvgIpc) is 2.31. The Labute approximate surface area is 112 Å². The molecule has 1 heterocycles. The first-order valence-electron chi connectivity index (χ1n) is 7.05. The van der Waals surface area contributed by atoms with Gasteiger partial charge in [0, 0.05) is 11.8 Å². The first-order valence-corrected chi connectivity index (χ1v) is 8.87. The second kappa shape index (κ2) is 7.46. The van der Waals surface area contributed by atoms with Crippen LogP contribution in [-0.2, 0) is 9.84 Å². The van der Waals surface area contributed by atoms with Crippen LogP contribution in [0.2, 0.25) is 0 Å². The summed E-state index contributed by atoms with van der Waals surface area (Å²) in [6.45, 7) is 7.01. The molecule has 1 atom stereocenters. The van der Waals surface area contributed by atoms with Gasteiger partial charge in [-0.25, -0.2) is 8.42 Å². The normalized spacial score (nSPS) is 21.1. The molecule has 1 rings (SSSR count). The Bertz CT molecular complexity index is 322. The van der Waals surface area contributed by atoms with Crippen LogP contribution in [0.25, 0.3) is 0 Å². The van der Waals surface area contributed by atoms with Crippen LogP contribution in [0.15, 0.2) is 0 Å². The van der Waals surface area contributed by atoms with Gasteiger partial charge >= 0.3 is 0 Å². The molecule has 18 heavy (non-hydrogen) atoms. The van der Waals surface area contributed by atoms with Crippen LogP contribution >= 0.6 is 0 Å². The maximum Gasteiger partial charge on any atom is 0.151 e. The highest BCUT2D eigenvalue weighted by Gasteiger charge is 2.17. The van der Waals surface area contributed by atoms with Crippen molar-refractivity contribution in [2.45, 2.75) is 39.2 Å². The van der Waals surface area contributed by atoms with Crippen LogP contribution in [-0.4, -0.2) is 57.5 Å². The molecule has 1 fully saturated rings. The SMILES string of the molecule is CCS(=O)(=O)CC(C)NCCC1CCN(C)CC1. The van der Waals surface area contributed by atoms with E-state index in [4.69, 9.17) is 0 Å². The Hall–Kier alpha value is -0.130. The molecule has 5 heteroatoms. The Morgan fingerprint density at radius 2 is 1.94 bits per heavy atom. The van der Waals surface area contributed by atoms with Crippen molar-refractivity contribution in [2.75, 3.05) is 38.2 Å². The number of sulfone groups is 1. The molecule has 0 aliphatic carbocycles. The smallest absolute Gasteiger partial charge is 0.151 e. The third kappa shape index (κ3) is 6.16. The molecule has 0 aromatic carbocycles. The molecule has 108 valence electrons. The van der Waals surface area contributed by atoms with Crippen molar-refractivity contribution in [3.8, 4) is 0 Å². The molecule has 0 saturated carbocycles. The summed E-state index contributed by atoms with van der Waals surface area (Å²) in [5.41, 5.74) is 0. The van der Waals surface area contributed by atoms with Gasteiger partial charge in [-0.2, -0.15) is 0 Å². The fraction of sp³-hybridized carbons (Fsp3) is 1.00. The maximum atomic E-state index is 11.5. The van der Waals surface area contributed by atoms with E-state index >= 15 is 0 Å². The van der Waals surface area contributed by atoms with Crippen LogP contribution < -0.4 is 5.32 Å². The van der Waals surface area contributed by atoms with Gasteiger partial charge in [0.2, 0.25) is 0 Å². The first-order chi connectivity index (χ1) is 8.43. The van der Waals surface area contributed by atoms with E-state index in [-0.39, 0.29) is 17.5 Å². The largest absolute Gasteiger partial charge is 0.313 e. The lowest BCUT2D eigenvalue weighted by atomic mass is 9.94. The molecular formula is C13H28N2O2S. The van der Waals surface area contributed by atoms with Crippen molar-refractivity contribution < 1.29 is 8.42 Å². The lowest BCUT2D eigenvalue weighted by molar-refractivity contribution is 0.211. The summed E-state index contributed by atoms with van der Waals surface area (Å²) < 4.78 is 22.9. The van der Waals surface area contributed by atoms with Crippen molar-refractivity contribution in [3.63, 3.8) is 0 Å². The number of nitrogens with one attached hydrogen (secondary N) is 1. The summed E-state index contributed by atoms with van der Waals surface area (Å²) in [5, 5.41) is 3.34. The summed E-state index contributed by atoms with van der Waals surface area (Å²) in [5.74, 6) is 1.31. The molecule has 0 spiro atoms. The predicted octanol–water partition coefficient (Wildman–Crippen LogP) is 1.13. The zero-order chi connectivity index (χ0) is 13.6. The molecule has 4 nitrogen and oxygen atoms in total. The summed E-state index contributed by atoms with van der Waals surface area (Å²) in [4.78, 5) is 2.38. The van der Waals surface area contributed by atoms with Crippen molar-refractivity contribution in [3.05, 3.63) is 0 Å². The van der Waals surface area contributed by atoms with E-state index in [0.29, 0.717) is 0 Å². The van der Waals surface area contributed by atoms with Gasteiger partial charge in [-0.3, -0.25) is 0 Å². The number of nitrogens with zero attached hydrogens (tertiary/aromatic N) is 1. The molecule has 0 aromatic heterocycles. The molecular weight excluding hydrogens is 248 g/mol. The van der Waals surface area contributed by atoms with Crippen molar-refractivity contribution in [2.24, 2.45) is 5.92 Å². The summed E-state index contributed by atoms with van der Waals surface area (Å²) in [6, 6.07) is 0.0706. The Morgan fingerprint density at radius 1 is 1.33 bits per heavy atom. The van der Waals surface area contributed by atoms with E-state index in [2.05, 4.69) is 17.3 Å². The van der Waals surface area contributed by atoms with E-state index < -0.39 is 9.84 Å². The molecule has 0 amide bonds.